The molecule has 5 nitrogen and oxygen atoms in total. The van der Waals surface area contributed by atoms with Crippen LogP contribution in [0.4, 0.5) is 13.2 Å². The van der Waals surface area contributed by atoms with E-state index in [1.807, 2.05) is 4.90 Å². The average molecular weight is 459 g/mol. The first kappa shape index (κ1) is 20.8. The minimum atomic E-state index is -4.73. The van der Waals surface area contributed by atoms with Crippen molar-refractivity contribution in [2.24, 2.45) is 10.7 Å². The zero-order chi connectivity index (χ0) is 16.9. The number of likely N-dealkylation sites (tertiary alicyclic amines) is 1. The maximum absolute atomic E-state index is 12.1. The van der Waals surface area contributed by atoms with Gasteiger partial charge in [0.15, 0.2) is 5.96 Å². The van der Waals surface area contributed by atoms with Crippen molar-refractivity contribution in [3.05, 3.63) is 29.8 Å². The third-order valence-corrected chi connectivity index (χ3v) is 3.60. The Morgan fingerprint density at radius 2 is 1.79 bits per heavy atom. The lowest BCUT2D eigenvalue weighted by molar-refractivity contribution is -0.274. The van der Waals surface area contributed by atoms with Crippen LogP contribution in [-0.2, 0) is 0 Å². The lowest BCUT2D eigenvalue weighted by Gasteiger charge is -2.27. The Labute approximate surface area is 155 Å². The number of nitrogens with zero attached hydrogens (tertiary/aromatic N) is 2. The lowest BCUT2D eigenvalue weighted by atomic mass is 10.1. The SMILES string of the molecule is I.NC(=NCC(O)c1ccc(OC(F)(F)F)cc1)N1CCCCC1. The van der Waals surface area contributed by atoms with Gasteiger partial charge in [-0.1, -0.05) is 12.1 Å². The average Bonchev–Trinajstić information content (AvgIpc) is 2.52. The number of hydrogen-bond donors (Lipinski definition) is 2. The monoisotopic (exact) mass is 459 g/mol. The number of guanidine groups is 1. The Morgan fingerprint density at radius 1 is 1.21 bits per heavy atom. The summed E-state index contributed by atoms with van der Waals surface area (Å²) < 4.78 is 40.0. The van der Waals surface area contributed by atoms with Crippen LogP contribution in [-0.4, -0.2) is 42.0 Å². The second-order valence-corrected chi connectivity index (χ2v) is 5.38. The molecule has 1 aromatic carbocycles. The Morgan fingerprint density at radius 3 is 2.33 bits per heavy atom. The van der Waals surface area contributed by atoms with Crippen LogP contribution in [0.3, 0.4) is 0 Å². The number of nitrogens with two attached hydrogens (primary N) is 1. The lowest BCUT2D eigenvalue weighted by Crippen LogP contribution is -2.41. The molecule has 1 aliphatic rings. The fraction of sp³-hybridized carbons (Fsp3) is 0.533. The number of rotatable bonds is 4. The van der Waals surface area contributed by atoms with Crippen molar-refractivity contribution >= 4 is 29.9 Å². The molecular formula is C15H21F3IN3O2. The molecule has 0 amide bonds. The summed E-state index contributed by atoms with van der Waals surface area (Å²) >= 11 is 0. The van der Waals surface area contributed by atoms with Gasteiger partial charge >= 0.3 is 6.36 Å². The van der Waals surface area contributed by atoms with E-state index in [-0.39, 0.29) is 36.3 Å². The van der Waals surface area contributed by atoms with Crippen LogP contribution < -0.4 is 10.5 Å². The number of aliphatic imine (C=N–C) groups is 1. The van der Waals surface area contributed by atoms with Gasteiger partial charge in [-0.25, -0.2) is 0 Å². The highest BCUT2D eigenvalue weighted by Crippen LogP contribution is 2.24. The third-order valence-electron chi connectivity index (χ3n) is 3.60. The van der Waals surface area contributed by atoms with Crippen molar-refractivity contribution in [1.29, 1.82) is 0 Å². The standard InChI is InChI=1S/C15H20F3N3O2.HI/c16-15(17,18)23-12-6-4-11(5-7-12)13(22)10-20-14(19)21-8-2-1-3-9-21;/h4-7,13,22H,1-3,8-10H2,(H2,19,20);1H. The number of piperidine rings is 1. The molecule has 1 atom stereocenters. The summed E-state index contributed by atoms with van der Waals surface area (Å²) in [6.07, 6.45) is -2.34. The number of aliphatic hydroxyl groups excluding tert-OH is 1. The van der Waals surface area contributed by atoms with Gasteiger partial charge in [-0.05, 0) is 37.0 Å². The highest BCUT2D eigenvalue weighted by Gasteiger charge is 2.31. The first-order valence-corrected chi connectivity index (χ1v) is 7.44. The van der Waals surface area contributed by atoms with Gasteiger partial charge in [0.25, 0.3) is 0 Å². The van der Waals surface area contributed by atoms with E-state index in [1.165, 1.54) is 18.6 Å². The first-order valence-electron chi connectivity index (χ1n) is 7.44. The predicted molar refractivity (Wildman–Crippen MR) is 95.4 cm³/mol. The van der Waals surface area contributed by atoms with Gasteiger partial charge in [-0.3, -0.25) is 4.99 Å². The molecule has 9 heteroatoms. The Kier molecular flexibility index (Phi) is 8.07. The second kappa shape index (κ2) is 9.30. The van der Waals surface area contributed by atoms with Crippen molar-refractivity contribution in [3.63, 3.8) is 0 Å². The summed E-state index contributed by atoms with van der Waals surface area (Å²) in [6.45, 7) is 1.77. The van der Waals surface area contributed by atoms with Gasteiger partial charge in [0.05, 0.1) is 12.6 Å². The molecule has 0 spiro atoms. The number of alkyl halides is 3. The molecule has 0 bridgehead atoms. The maximum atomic E-state index is 12.1. The molecular weight excluding hydrogens is 438 g/mol. The summed E-state index contributed by atoms with van der Waals surface area (Å²) in [4.78, 5) is 6.13. The maximum Gasteiger partial charge on any atom is 0.573 e. The largest absolute Gasteiger partial charge is 0.573 e. The number of ether oxygens (including phenoxy) is 1. The van der Waals surface area contributed by atoms with E-state index in [2.05, 4.69) is 9.73 Å². The molecule has 1 fully saturated rings. The van der Waals surface area contributed by atoms with E-state index in [4.69, 9.17) is 5.73 Å². The van der Waals surface area contributed by atoms with Crippen molar-refractivity contribution in [1.82, 2.24) is 4.90 Å². The number of benzene rings is 1. The van der Waals surface area contributed by atoms with Crippen LogP contribution in [0.1, 0.15) is 30.9 Å². The van der Waals surface area contributed by atoms with Gasteiger partial charge < -0.3 is 20.5 Å². The molecule has 136 valence electrons. The molecule has 1 aromatic rings. The molecule has 1 unspecified atom stereocenters. The van der Waals surface area contributed by atoms with Crippen LogP contribution >= 0.6 is 24.0 Å². The Balaban J connectivity index is 0.00000288. The van der Waals surface area contributed by atoms with E-state index < -0.39 is 12.5 Å². The van der Waals surface area contributed by atoms with Gasteiger partial charge in [0.2, 0.25) is 0 Å². The van der Waals surface area contributed by atoms with Crippen LogP contribution in [0, 0.1) is 0 Å². The molecule has 24 heavy (non-hydrogen) atoms. The summed E-state index contributed by atoms with van der Waals surface area (Å²) in [6, 6.07) is 5.06. The van der Waals surface area contributed by atoms with Crippen molar-refractivity contribution in [2.75, 3.05) is 19.6 Å². The Hall–Kier alpha value is -1.23. The zero-order valence-corrected chi connectivity index (χ0v) is 15.3. The molecule has 0 radical (unpaired) electrons. The van der Waals surface area contributed by atoms with Crippen molar-refractivity contribution in [2.45, 2.75) is 31.7 Å². The minimum Gasteiger partial charge on any atom is -0.406 e. The molecule has 0 aliphatic carbocycles. The third kappa shape index (κ3) is 6.71. The van der Waals surface area contributed by atoms with E-state index in [9.17, 15) is 18.3 Å². The number of hydrogen-bond acceptors (Lipinski definition) is 3. The van der Waals surface area contributed by atoms with Crippen LogP contribution in [0.15, 0.2) is 29.3 Å². The molecule has 1 heterocycles. The topological polar surface area (TPSA) is 71.1 Å². The summed E-state index contributed by atoms with van der Waals surface area (Å²) in [5, 5.41) is 10.0. The molecule has 1 saturated heterocycles. The van der Waals surface area contributed by atoms with Gasteiger partial charge in [-0.2, -0.15) is 0 Å². The zero-order valence-electron chi connectivity index (χ0n) is 13.0. The van der Waals surface area contributed by atoms with Crippen LogP contribution in [0.25, 0.3) is 0 Å². The van der Waals surface area contributed by atoms with Gasteiger partial charge in [0, 0.05) is 13.1 Å². The van der Waals surface area contributed by atoms with Gasteiger partial charge in [-0.15, -0.1) is 37.1 Å². The van der Waals surface area contributed by atoms with Crippen molar-refractivity contribution < 1.29 is 23.0 Å². The van der Waals surface area contributed by atoms with Crippen LogP contribution in [0.5, 0.6) is 5.75 Å². The minimum absolute atomic E-state index is 0. The second-order valence-electron chi connectivity index (χ2n) is 5.38. The normalized spacial score (nSPS) is 17.2. The van der Waals surface area contributed by atoms with E-state index in [1.54, 1.807) is 0 Å². The summed E-state index contributed by atoms with van der Waals surface area (Å²) in [5.41, 5.74) is 6.34. The molecule has 0 saturated carbocycles. The van der Waals surface area contributed by atoms with Crippen LogP contribution in [0.2, 0.25) is 0 Å². The molecule has 2 rings (SSSR count). The molecule has 3 N–H and O–H groups in total. The van der Waals surface area contributed by atoms with E-state index in [0.717, 1.165) is 38.1 Å². The Bertz CT molecular complexity index is 532. The predicted octanol–water partition coefficient (Wildman–Crippen LogP) is 3.04. The van der Waals surface area contributed by atoms with E-state index in [0.29, 0.717) is 11.5 Å². The summed E-state index contributed by atoms with van der Waals surface area (Å²) in [5.74, 6) is 0.0607. The fourth-order valence-corrected chi connectivity index (χ4v) is 2.40. The highest BCUT2D eigenvalue weighted by molar-refractivity contribution is 14.0. The van der Waals surface area contributed by atoms with Crippen molar-refractivity contribution in [3.8, 4) is 5.75 Å². The molecule has 0 aromatic heterocycles. The number of aliphatic hydroxyl groups is 1. The highest BCUT2D eigenvalue weighted by atomic mass is 127. The quantitative estimate of drug-likeness (QED) is 0.413. The smallest absolute Gasteiger partial charge is 0.406 e. The fourth-order valence-electron chi connectivity index (χ4n) is 2.40. The molecule has 1 aliphatic heterocycles. The van der Waals surface area contributed by atoms with Gasteiger partial charge in [0.1, 0.15) is 5.75 Å². The first-order chi connectivity index (χ1) is 10.8. The van der Waals surface area contributed by atoms with E-state index >= 15 is 0 Å². The summed E-state index contributed by atoms with van der Waals surface area (Å²) in [7, 11) is 0. The number of halogens is 4.